The van der Waals surface area contributed by atoms with E-state index in [4.69, 9.17) is 4.74 Å². The van der Waals surface area contributed by atoms with Gasteiger partial charge in [0.1, 0.15) is 5.75 Å². The smallest absolute Gasteiger partial charge is 0.127 e. The summed E-state index contributed by atoms with van der Waals surface area (Å²) < 4.78 is 5.76. The number of rotatable bonds is 4. The van der Waals surface area contributed by atoms with Gasteiger partial charge in [-0.15, -0.1) is 0 Å². The Hall–Kier alpha value is -1.44. The summed E-state index contributed by atoms with van der Waals surface area (Å²) in [5, 5.41) is 0. The van der Waals surface area contributed by atoms with E-state index in [0.717, 1.165) is 11.3 Å². The number of ether oxygens (including phenoxy) is 1. The monoisotopic (exact) mass is 219 g/mol. The molecule has 0 aliphatic carbocycles. The molecule has 0 unspecified atom stereocenters. The van der Waals surface area contributed by atoms with Crippen molar-refractivity contribution in [3.05, 3.63) is 29.8 Å². The van der Waals surface area contributed by atoms with Gasteiger partial charge in [0.05, 0.1) is 6.10 Å². The molecular formula is C14H21NO. The van der Waals surface area contributed by atoms with Gasteiger partial charge in [-0.3, -0.25) is 0 Å². The van der Waals surface area contributed by atoms with Crippen molar-refractivity contribution in [1.29, 1.82) is 0 Å². The minimum atomic E-state index is 0.203. The molecule has 1 aromatic carbocycles. The minimum Gasteiger partial charge on any atom is -0.490 e. The molecule has 0 bridgehead atoms. The van der Waals surface area contributed by atoms with Gasteiger partial charge in [0, 0.05) is 25.3 Å². The molecule has 88 valence electrons. The van der Waals surface area contributed by atoms with E-state index in [9.17, 15) is 0 Å². The van der Waals surface area contributed by atoms with E-state index in [2.05, 4.69) is 23.1 Å². The zero-order valence-corrected chi connectivity index (χ0v) is 10.8. The predicted octanol–water partition coefficient (Wildman–Crippen LogP) is 3.57. The molecule has 16 heavy (non-hydrogen) atoms. The number of allylic oxidation sites excluding steroid dienone is 1. The first kappa shape index (κ1) is 12.6. The van der Waals surface area contributed by atoms with Gasteiger partial charge < -0.3 is 9.64 Å². The Bertz CT molecular complexity index is 367. The lowest BCUT2D eigenvalue weighted by molar-refractivity contribution is 0.242. The molecule has 0 saturated carbocycles. The summed E-state index contributed by atoms with van der Waals surface area (Å²) in [6.07, 6.45) is 4.31. The summed E-state index contributed by atoms with van der Waals surface area (Å²) in [7, 11) is 4.08. The lowest BCUT2D eigenvalue weighted by Gasteiger charge is -2.17. The summed E-state index contributed by atoms with van der Waals surface area (Å²) in [4.78, 5) is 2.09. The Labute approximate surface area is 98.5 Å². The Morgan fingerprint density at radius 1 is 1.25 bits per heavy atom. The van der Waals surface area contributed by atoms with Gasteiger partial charge >= 0.3 is 0 Å². The Morgan fingerprint density at radius 3 is 2.44 bits per heavy atom. The summed E-state index contributed by atoms with van der Waals surface area (Å²) in [5.41, 5.74) is 2.31. The van der Waals surface area contributed by atoms with Crippen LogP contribution in [-0.4, -0.2) is 20.2 Å². The molecule has 0 amide bonds. The van der Waals surface area contributed by atoms with E-state index in [1.54, 1.807) is 0 Å². The molecule has 2 nitrogen and oxygen atoms in total. The third-order valence-electron chi connectivity index (χ3n) is 2.22. The van der Waals surface area contributed by atoms with Crippen LogP contribution in [0.25, 0.3) is 6.08 Å². The van der Waals surface area contributed by atoms with Crippen molar-refractivity contribution in [1.82, 2.24) is 0 Å². The maximum absolute atomic E-state index is 5.76. The van der Waals surface area contributed by atoms with Gasteiger partial charge in [-0.1, -0.05) is 12.2 Å². The Morgan fingerprint density at radius 2 is 1.94 bits per heavy atom. The van der Waals surface area contributed by atoms with Crippen molar-refractivity contribution in [3.8, 4) is 5.75 Å². The Balaban J connectivity index is 3.08. The summed E-state index contributed by atoms with van der Waals surface area (Å²) >= 11 is 0. The van der Waals surface area contributed by atoms with Crippen LogP contribution in [0.1, 0.15) is 26.3 Å². The van der Waals surface area contributed by atoms with E-state index < -0.39 is 0 Å². The van der Waals surface area contributed by atoms with Crippen LogP contribution in [0.5, 0.6) is 5.75 Å². The molecule has 0 fully saturated rings. The van der Waals surface area contributed by atoms with Gasteiger partial charge in [-0.2, -0.15) is 0 Å². The third kappa shape index (κ3) is 3.30. The van der Waals surface area contributed by atoms with E-state index in [1.165, 1.54) is 5.69 Å². The highest BCUT2D eigenvalue weighted by atomic mass is 16.5. The molecule has 0 saturated heterocycles. The minimum absolute atomic E-state index is 0.203. The molecule has 0 spiro atoms. The zero-order chi connectivity index (χ0) is 12.1. The van der Waals surface area contributed by atoms with Crippen molar-refractivity contribution in [3.63, 3.8) is 0 Å². The average molecular weight is 219 g/mol. The second kappa shape index (κ2) is 5.59. The first-order valence-electron chi connectivity index (χ1n) is 5.65. The van der Waals surface area contributed by atoms with Crippen LogP contribution in [-0.2, 0) is 0 Å². The second-order valence-electron chi connectivity index (χ2n) is 4.28. The molecule has 2 heteroatoms. The van der Waals surface area contributed by atoms with Crippen molar-refractivity contribution in [2.45, 2.75) is 26.9 Å². The SMILES string of the molecule is C/C=C/c1cc(N(C)C)ccc1OC(C)C. The summed E-state index contributed by atoms with van der Waals surface area (Å²) in [5.74, 6) is 0.943. The van der Waals surface area contributed by atoms with E-state index in [-0.39, 0.29) is 6.10 Å². The van der Waals surface area contributed by atoms with E-state index >= 15 is 0 Å². The quantitative estimate of drug-likeness (QED) is 0.767. The highest BCUT2D eigenvalue weighted by Gasteiger charge is 2.05. The highest BCUT2D eigenvalue weighted by molar-refractivity contribution is 5.64. The first-order chi connectivity index (χ1) is 7.54. The van der Waals surface area contributed by atoms with Crippen LogP contribution in [0.2, 0.25) is 0 Å². The molecule has 0 aliphatic rings. The zero-order valence-electron chi connectivity index (χ0n) is 10.8. The predicted molar refractivity (Wildman–Crippen MR) is 71.2 cm³/mol. The fourth-order valence-corrected chi connectivity index (χ4v) is 1.49. The number of hydrogen-bond acceptors (Lipinski definition) is 2. The molecule has 0 atom stereocenters. The standard InChI is InChI=1S/C14H21NO/c1-6-7-12-10-13(15(4)5)8-9-14(12)16-11(2)3/h6-11H,1-5H3/b7-6+. The maximum atomic E-state index is 5.76. The van der Waals surface area contributed by atoms with Gasteiger partial charge in [-0.05, 0) is 39.0 Å². The molecule has 1 rings (SSSR count). The molecule has 0 N–H and O–H groups in total. The van der Waals surface area contributed by atoms with Crippen molar-refractivity contribution in [2.75, 3.05) is 19.0 Å². The van der Waals surface area contributed by atoms with Crippen LogP contribution in [0.15, 0.2) is 24.3 Å². The van der Waals surface area contributed by atoms with Crippen LogP contribution in [0.4, 0.5) is 5.69 Å². The molecule has 0 radical (unpaired) electrons. The molecule has 0 aliphatic heterocycles. The molecular weight excluding hydrogens is 198 g/mol. The molecule has 0 aromatic heterocycles. The lowest BCUT2D eigenvalue weighted by atomic mass is 10.1. The lowest BCUT2D eigenvalue weighted by Crippen LogP contribution is -2.10. The van der Waals surface area contributed by atoms with Gasteiger partial charge in [0.25, 0.3) is 0 Å². The second-order valence-corrected chi connectivity index (χ2v) is 4.28. The number of benzene rings is 1. The topological polar surface area (TPSA) is 12.5 Å². The fraction of sp³-hybridized carbons (Fsp3) is 0.429. The van der Waals surface area contributed by atoms with Crippen LogP contribution in [0.3, 0.4) is 0 Å². The normalized spacial score (nSPS) is 11.1. The van der Waals surface area contributed by atoms with E-state index in [1.807, 2.05) is 47.0 Å². The highest BCUT2D eigenvalue weighted by Crippen LogP contribution is 2.26. The third-order valence-corrected chi connectivity index (χ3v) is 2.22. The first-order valence-corrected chi connectivity index (χ1v) is 5.65. The largest absolute Gasteiger partial charge is 0.490 e. The summed E-state index contributed by atoms with van der Waals surface area (Å²) in [6.45, 7) is 6.10. The molecule has 0 heterocycles. The Kier molecular flexibility index (Phi) is 4.41. The number of anilines is 1. The van der Waals surface area contributed by atoms with Gasteiger partial charge in [-0.25, -0.2) is 0 Å². The number of nitrogens with zero attached hydrogens (tertiary/aromatic N) is 1. The average Bonchev–Trinajstić information content (AvgIpc) is 2.20. The van der Waals surface area contributed by atoms with E-state index in [0.29, 0.717) is 0 Å². The van der Waals surface area contributed by atoms with Crippen LogP contribution < -0.4 is 9.64 Å². The number of hydrogen-bond donors (Lipinski definition) is 0. The summed E-state index contributed by atoms with van der Waals surface area (Å²) in [6, 6.07) is 6.24. The fourth-order valence-electron chi connectivity index (χ4n) is 1.49. The van der Waals surface area contributed by atoms with Crippen molar-refractivity contribution in [2.24, 2.45) is 0 Å². The van der Waals surface area contributed by atoms with Gasteiger partial charge in [0.15, 0.2) is 0 Å². The molecule has 1 aromatic rings. The van der Waals surface area contributed by atoms with Crippen LogP contribution in [0, 0.1) is 0 Å². The van der Waals surface area contributed by atoms with Gasteiger partial charge in [0.2, 0.25) is 0 Å². The van der Waals surface area contributed by atoms with Crippen molar-refractivity contribution >= 4 is 11.8 Å². The maximum Gasteiger partial charge on any atom is 0.127 e. The van der Waals surface area contributed by atoms with Crippen molar-refractivity contribution < 1.29 is 4.74 Å². The van der Waals surface area contributed by atoms with Crippen LogP contribution >= 0.6 is 0 Å².